The molecule has 0 amide bonds. The highest BCUT2D eigenvalue weighted by molar-refractivity contribution is 6.30. The van der Waals surface area contributed by atoms with Crippen molar-refractivity contribution in [3.8, 4) is 6.07 Å². The van der Waals surface area contributed by atoms with E-state index < -0.39 is 0 Å². The number of nitrogens with two attached hydrogens (primary N) is 2. The van der Waals surface area contributed by atoms with Crippen LogP contribution in [-0.4, -0.2) is 18.1 Å². The van der Waals surface area contributed by atoms with Crippen LogP contribution in [0.4, 0.5) is 11.5 Å². The molecule has 1 unspecified atom stereocenters. The fourth-order valence-electron chi connectivity index (χ4n) is 3.56. The second kappa shape index (κ2) is 10.1. The molecule has 4 N–H and O–H groups in total. The number of pyridine rings is 1. The van der Waals surface area contributed by atoms with Gasteiger partial charge in [-0.3, -0.25) is 5.01 Å². The summed E-state index contributed by atoms with van der Waals surface area (Å²) in [5.41, 5.74) is 9.81. The second-order valence-electron chi connectivity index (χ2n) is 7.50. The van der Waals surface area contributed by atoms with Crippen LogP contribution < -0.4 is 21.5 Å². The van der Waals surface area contributed by atoms with E-state index in [0.29, 0.717) is 10.6 Å². The van der Waals surface area contributed by atoms with Gasteiger partial charge in [0.25, 0.3) is 0 Å². The Morgan fingerprint density at radius 1 is 1.37 bits per heavy atom. The van der Waals surface area contributed by atoms with Gasteiger partial charge < -0.3 is 10.6 Å². The molecule has 0 saturated heterocycles. The third kappa shape index (κ3) is 5.53. The molecule has 1 aliphatic heterocycles. The van der Waals surface area contributed by atoms with Crippen LogP contribution in [-0.2, 0) is 0 Å². The molecule has 0 saturated carbocycles. The number of aromatic nitrogens is 1. The van der Waals surface area contributed by atoms with Gasteiger partial charge in [0.2, 0.25) is 0 Å². The highest BCUT2D eigenvalue weighted by Gasteiger charge is 2.17. The van der Waals surface area contributed by atoms with Crippen molar-refractivity contribution in [1.29, 1.82) is 5.26 Å². The van der Waals surface area contributed by atoms with Crippen molar-refractivity contribution in [2.45, 2.75) is 26.2 Å². The Morgan fingerprint density at radius 3 is 2.97 bits per heavy atom. The summed E-state index contributed by atoms with van der Waals surface area (Å²) >= 11 is 6.04. The molecule has 1 atom stereocenters. The molecule has 1 aromatic carbocycles. The van der Waals surface area contributed by atoms with Crippen LogP contribution in [0.1, 0.15) is 31.7 Å². The molecule has 2 heterocycles. The summed E-state index contributed by atoms with van der Waals surface area (Å²) in [6.07, 6.45) is 8.48. The van der Waals surface area contributed by atoms with Crippen molar-refractivity contribution in [3.63, 3.8) is 0 Å². The molecule has 7 heteroatoms. The molecule has 1 aromatic heterocycles. The van der Waals surface area contributed by atoms with Crippen molar-refractivity contribution >= 4 is 23.1 Å². The molecule has 6 nitrogen and oxygen atoms in total. The lowest BCUT2D eigenvalue weighted by atomic mass is 9.96. The second-order valence-corrected chi connectivity index (χ2v) is 7.93. The van der Waals surface area contributed by atoms with Gasteiger partial charge >= 0.3 is 0 Å². The zero-order chi connectivity index (χ0) is 21.5. The van der Waals surface area contributed by atoms with Gasteiger partial charge in [-0.1, -0.05) is 36.2 Å². The first-order valence-corrected chi connectivity index (χ1v) is 10.4. The van der Waals surface area contributed by atoms with Crippen LogP contribution >= 0.6 is 11.6 Å². The number of hydrogen-bond donors (Lipinski definition) is 2. The summed E-state index contributed by atoms with van der Waals surface area (Å²) in [7, 11) is 0. The molecule has 0 bridgehead atoms. The molecule has 156 valence electrons. The zero-order valence-corrected chi connectivity index (χ0v) is 17.9. The van der Waals surface area contributed by atoms with Crippen LogP contribution in [0.25, 0.3) is 0 Å². The van der Waals surface area contributed by atoms with E-state index in [-0.39, 0.29) is 5.92 Å². The maximum Gasteiger partial charge on any atom is 0.146 e. The Bertz CT molecular complexity index is 978. The van der Waals surface area contributed by atoms with Gasteiger partial charge in [0.1, 0.15) is 11.9 Å². The number of nitriles is 1. The van der Waals surface area contributed by atoms with Crippen LogP contribution in [0.2, 0.25) is 5.02 Å². The largest absolute Gasteiger partial charge is 0.401 e. The van der Waals surface area contributed by atoms with E-state index in [1.54, 1.807) is 30.6 Å². The fourth-order valence-corrected chi connectivity index (χ4v) is 3.75. The SMILES string of the molecule is CC(CC1=CCCN(c2ncccc2C#N)CC1)/C(N)=C/N(N)c1cccc(Cl)c1. The number of halogens is 1. The number of hydrogen-bond acceptors (Lipinski definition) is 6. The van der Waals surface area contributed by atoms with E-state index in [2.05, 4.69) is 29.0 Å². The molecule has 3 rings (SSSR count). The lowest BCUT2D eigenvalue weighted by Crippen LogP contribution is -2.27. The van der Waals surface area contributed by atoms with Crippen molar-refractivity contribution in [2.24, 2.45) is 17.5 Å². The number of benzene rings is 1. The van der Waals surface area contributed by atoms with Gasteiger partial charge in [-0.25, -0.2) is 10.8 Å². The Labute approximate surface area is 183 Å². The first-order chi connectivity index (χ1) is 14.5. The van der Waals surface area contributed by atoms with Crippen molar-refractivity contribution in [3.05, 3.63) is 76.7 Å². The maximum atomic E-state index is 9.35. The molecule has 0 radical (unpaired) electrons. The molecule has 1 aliphatic rings. The van der Waals surface area contributed by atoms with E-state index in [1.165, 1.54) is 10.6 Å². The highest BCUT2D eigenvalue weighted by atomic mass is 35.5. The van der Waals surface area contributed by atoms with E-state index in [0.717, 1.165) is 49.6 Å². The van der Waals surface area contributed by atoms with Gasteiger partial charge in [-0.15, -0.1) is 0 Å². The van der Waals surface area contributed by atoms with Crippen molar-refractivity contribution < 1.29 is 0 Å². The first-order valence-electron chi connectivity index (χ1n) is 10.0. The fraction of sp³-hybridized carbons (Fsp3) is 0.304. The molecule has 0 spiro atoms. The van der Waals surface area contributed by atoms with Crippen molar-refractivity contribution in [1.82, 2.24) is 4.98 Å². The van der Waals surface area contributed by atoms with Crippen LogP contribution in [0.5, 0.6) is 0 Å². The Kier molecular flexibility index (Phi) is 7.34. The molecule has 0 fully saturated rings. The summed E-state index contributed by atoms with van der Waals surface area (Å²) < 4.78 is 0. The minimum Gasteiger partial charge on any atom is -0.401 e. The summed E-state index contributed by atoms with van der Waals surface area (Å²) in [4.78, 5) is 6.61. The van der Waals surface area contributed by atoms with E-state index in [1.807, 2.05) is 18.2 Å². The average molecular weight is 423 g/mol. The lowest BCUT2D eigenvalue weighted by Gasteiger charge is -2.23. The third-order valence-electron chi connectivity index (χ3n) is 5.27. The van der Waals surface area contributed by atoms with Crippen molar-refractivity contribution in [2.75, 3.05) is 23.0 Å². The number of anilines is 2. The number of rotatable bonds is 6. The molecular formula is C23H27ClN6. The van der Waals surface area contributed by atoms with Gasteiger partial charge in [-0.2, -0.15) is 5.26 Å². The van der Waals surface area contributed by atoms with Crippen LogP contribution in [0.15, 0.2) is 66.1 Å². The molecule has 0 aliphatic carbocycles. The topological polar surface area (TPSA) is 95.2 Å². The summed E-state index contributed by atoms with van der Waals surface area (Å²) in [5, 5.41) is 11.5. The van der Waals surface area contributed by atoms with E-state index in [9.17, 15) is 5.26 Å². The number of hydrazine groups is 1. The Balaban J connectivity index is 1.61. The maximum absolute atomic E-state index is 9.35. The monoisotopic (exact) mass is 422 g/mol. The zero-order valence-electron chi connectivity index (χ0n) is 17.1. The van der Waals surface area contributed by atoms with E-state index in [4.69, 9.17) is 23.2 Å². The molecule has 2 aromatic rings. The van der Waals surface area contributed by atoms with Crippen LogP contribution in [0, 0.1) is 17.2 Å². The molecular weight excluding hydrogens is 396 g/mol. The van der Waals surface area contributed by atoms with E-state index >= 15 is 0 Å². The van der Waals surface area contributed by atoms with Gasteiger partial charge in [0.05, 0.1) is 11.3 Å². The normalized spacial score (nSPS) is 15.7. The standard InChI is InChI=1S/C23H27ClN6/c1-17(22(26)16-30(27)21-8-2-7-20(24)14-21)13-18-5-4-11-29(12-9-18)23-19(15-25)6-3-10-28-23/h2-3,5-8,10,14,16-17H,4,9,11-13,26-27H2,1H3/b22-16-. The summed E-state index contributed by atoms with van der Waals surface area (Å²) in [6.45, 7) is 3.79. The molecule has 30 heavy (non-hydrogen) atoms. The first kappa shape index (κ1) is 21.7. The van der Waals surface area contributed by atoms with Crippen LogP contribution in [0.3, 0.4) is 0 Å². The minimum atomic E-state index is 0.151. The predicted octanol–water partition coefficient (Wildman–Crippen LogP) is 4.34. The van der Waals surface area contributed by atoms with Gasteiger partial charge in [-0.05, 0) is 49.6 Å². The average Bonchev–Trinajstić information content (AvgIpc) is 2.99. The summed E-state index contributed by atoms with van der Waals surface area (Å²) in [6, 6.07) is 13.2. The quantitative estimate of drug-likeness (QED) is 0.408. The minimum absolute atomic E-state index is 0.151. The Morgan fingerprint density at radius 2 is 2.20 bits per heavy atom. The Hall–Kier alpha value is -3.01. The predicted molar refractivity (Wildman–Crippen MR) is 123 cm³/mol. The number of nitrogens with zero attached hydrogens (tertiary/aromatic N) is 4. The number of allylic oxidation sites excluding steroid dienone is 1. The smallest absolute Gasteiger partial charge is 0.146 e. The van der Waals surface area contributed by atoms with Gasteiger partial charge in [0, 0.05) is 42.1 Å². The summed E-state index contributed by atoms with van der Waals surface area (Å²) in [5.74, 6) is 7.05. The highest BCUT2D eigenvalue weighted by Crippen LogP contribution is 2.26. The third-order valence-corrected chi connectivity index (χ3v) is 5.51. The lowest BCUT2D eigenvalue weighted by molar-refractivity contribution is 0.640. The van der Waals surface area contributed by atoms with Gasteiger partial charge in [0.15, 0.2) is 0 Å².